The van der Waals surface area contributed by atoms with E-state index in [1.165, 1.54) is 0 Å². The number of benzene rings is 1. The molecule has 1 aromatic carbocycles. The summed E-state index contributed by atoms with van der Waals surface area (Å²) in [7, 11) is 2.12. The highest BCUT2D eigenvalue weighted by atomic mass is 19.1. The van der Waals surface area contributed by atoms with E-state index in [9.17, 15) is 4.39 Å². The van der Waals surface area contributed by atoms with E-state index >= 15 is 0 Å². The highest BCUT2D eigenvalue weighted by Crippen LogP contribution is 2.27. The van der Waals surface area contributed by atoms with Gasteiger partial charge in [-0.15, -0.1) is 0 Å². The number of nitrogens with two attached hydrogens (primary N) is 1. The van der Waals surface area contributed by atoms with E-state index in [1.807, 2.05) is 13.0 Å². The van der Waals surface area contributed by atoms with Gasteiger partial charge in [-0.2, -0.15) is 0 Å². The second kappa shape index (κ2) is 5.99. The predicted molar refractivity (Wildman–Crippen MR) is 76.6 cm³/mol. The molecule has 0 radical (unpaired) electrons. The van der Waals surface area contributed by atoms with Gasteiger partial charge in [0.2, 0.25) is 0 Å². The van der Waals surface area contributed by atoms with Crippen LogP contribution >= 0.6 is 0 Å². The molecule has 0 saturated carbocycles. The van der Waals surface area contributed by atoms with E-state index in [4.69, 9.17) is 5.73 Å². The number of hydrogen-bond acceptors (Lipinski definition) is 3. The van der Waals surface area contributed by atoms with Crippen LogP contribution in [0, 0.1) is 12.7 Å². The van der Waals surface area contributed by atoms with Crippen LogP contribution in [-0.2, 0) is 0 Å². The fraction of sp³-hybridized carbons (Fsp3) is 0.600. The van der Waals surface area contributed by atoms with E-state index in [2.05, 4.69) is 23.8 Å². The van der Waals surface area contributed by atoms with Crippen molar-refractivity contribution in [1.82, 2.24) is 9.80 Å². The van der Waals surface area contributed by atoms with Crippen molar-refractivity contribution in [3.05, 3.63) is 35.1 Å². The van der Waals surface area contributed by atoms with Crippen molar-refractivity contribution in [2.45, 2.75) is 25.9 Å². The summed E-state index contributed by atoms with van der Waals surface area (Å²) in [4.78, 5) is 4.64. The van der Waals surface area contributed by atoms with Crippen molar-refractivity contribution in [2.75, 3.05) is 33.2 Å². The zero-order valence-electron chi connectivity index (χ0n) is 12.1. The first-order valence-corrected chi connectivity index (χ1v) is 6.93. The van der Waals surface area contributed by atoms with E-state index in [0.29, 0.717) is 12.6 Å². The Balaban J connectivity index is 2.26. The van der Waals surface area contributed by atoms with Crippen LogP contribution in [0.15, 0.2) is 18.2 Å². The first kappa shape index (κ1) is 14.4. The second-order valence-corrected chi connectivity index (χ2v) is 5.63. The number of rotatable bonds is 3. The van der Waals surface area contributed by atoms with Crippen LogP contribution in [0.5, 0.6) is 0 Å². The Kier molecular flexibility index (Phi) is 4.55. The normalized spacial score (nSPS) is 23.5. The van der Waals surface area contributed by atoms with Crippen LogP contribution in [0.25, 0.3) is 0 Å². The standard InChI is InChI=1S/C15H24FN3/c1-11-4-5-14(16)13(8-11)15(9-17)19-7-6-18(3)10-12(19)2/h4-5,8,12,15H,6-7,9-10,17H2,1-3H3. The quantitative estimate of drug-likeness (QED) is 0.904. The second-order valence-electron chi connectivity index (χ2n) is 5.63. The average molecular weight is 265 g/mol. The zero-order valence-corrected chi connectivity index (χ0v) is 12.1. The van der Waals surface area contributed by atoms with Gasteiger partial charge >= 0.3 is 0 Å². The van der Waals surface area contributed by atoms with Crippen molar-refractivity contribution in [3.63, 3.8) is 0 Å². The van der Waals surface area contributed by atoms with Gasteiger partial charge in [-0.25, -0.2) is 4.39 Å². The molecule has 1 saturated heterocycles. The number of likely N-dealkylation sites (N-methyl/N-ethyl adjacent to an activating group) is 1. The predicted octanol–water partition coefficient (Wildman–Crippen LogP) is 1.77. The molecule has 2 unspecified atom stereocenters. The lowest BCUT2D eigenvalue weighted by molar-refractivity contribution is 0.0622. The minimum absolute atomic E-state index is 0.0244. The van der Waals surface area contributed by atoms with Gasteiger partial charge in [0.1, 0.15) is 5.82 Å². The summed E-state index contributed by atoms with van der Waals surface area (Å²) in [6, 6.07) is 5.65. The van der Waals surface area contributed by atoms with Gasteiger partial charge in [-0.3, -0.25) is 4.90 Å². The fourth-order valence-corrected chi connectivity index (χ4v) is 2.98. The monoisotopic (exact) mass is 265 g/mol. The van der Waals surface area contributed by atoms with E-state index in [-0.39, 0.29) is 11.9 Å². The molecule has 106 valence electrons. The minimum Gasteiger partial charge on any atom is -0.329 e. The Morgan fingerprint density at radius 3 is 2.79 bits per heavy atom. The lowest BCUT2D eigenvalue weighted by atomic mass is 9.99. The van der Waals surface area contributed by atoms with Crippen LogP contribution < -0.4 is 5.73 Å². The Morgan fingerprint density at radius 1 is 1.42 bits per heavy atom. The number of piperazine rings is 1. The summed E-state index contributed by atoms with van der Waals surface area (Å²) in [5.41, 5.74) is 7.74. The molecule has 3 nitrogen and oxygen atoms in total. The van der Waals surface area contributed by atoms with Gasteiger partial charge in [-0.05, 0) is 27.0 Å². The first-order chi connectivity index (χ1) is 9.02. The smallest absolute Gasteiger partial charge is 0.128 e. The molecule has 1 aliphatic heterocycles. The maximum absolute atomic E-state index is 14.1. The summed E-state index contributed by atoms with van der Waals surface area (Å²) in [6.45, 7) is 7.58. The lowest BCUT2D eigenvalue weighted by Crippen LogP contribution is -2.53. The van der Waals surface area contributed by atoms with Crippen LogP contribution in [-0.4, -0.2) is 49.1 Å². The van der Waals surface area contributed by atoms with E-state index < -0.39 is 0 Å². The van der Waals surface area contributed by atoms with Crippen molar-refractivity contribution in [3.8, 4) is 0 Å². The third kappa shape index (κ3) is 3.14. The number of halogens is 1. The van der Waals surface area contributed by atoms with E-state index in [0.717, 1.165) is 30.8 Å². The first-order valence-electron chi connectivity index (χ1n) is 6.93. The highest BCUT2D eigenvalue weighted by molar-refractivity contribution is 5.27. The Morgan fingerprint density at radius 2 is 2.16 bits per heavy atom. The van der Waals surface area contributed by atoms with Crippen LogP contribution in [0.4, 0.5) is 4.39 Å². The summed E-state index contributed by atoms with van der Waals surface area (Å²) >= 11 is 0. The molecule has 0 spiro atoms. The highest BCUT2D eigenvalue weighted by Gasteiger charge is 2.29. The fourth-order valence-electron chi connectivity index (χ4n) is 2.98. The molecular formula is C15H24FN3. The maximum atomic E-state index is 14.1. The Labute approximate surface area is 115 Å². The van der Waals surface area contributed by atoms with Gasteiger partial charge in [-0.1, -0.05) is 17.7 Å². The summed E-state index contributed by atoms with van der Waals surface area (Å²) in [5, 5.41) is 0. The summed E-state index contributed by atoms with van der Waals surface area (Å²) in [6.07, 6.45) is 0. The van der Waals surface area contributed by atoms with Crippen molar-refractivity contribution in [1.29, 1.82) is 0 Å². The molecule has 2 atom stereocenters. The van der Waals surface area contributed by atoms with Gasteiger partial charge < -0.3 is 10.6 Å². The molecule has 0 bridgehead atoms. The molecular weight excluding hydrogens is 241 g/mol. The molecule has 2 N–H and O–H groups in total. The number of hydrogen-bond donors (Lipinski definition) is 1. The summed E-state index contributed by atoms with van der Waals surface area (Å²) < 4.78 is 14.1. The van der Waals surface area contributed by atoms with Crippen molar-refractivity contribution >= 4 is 0 Å². The molecule has 1 aliphatic rings. The maximum Gasteiger partial charge on any atom is 0.128 e. The Hall–Kier alpha value is -0.970. The minimum atomic E-state index is -0.146. The van der Waals surface area contributed by atoms with E-state index in [1.54, 1.807) is 12.1 Å². The summed E-state index contributed by atoms with van der Waals surface area (Å²) in [5.74, 6) is -0.146. The molecule has 0 amide bonds. The lowest BCUT2D eigenvalue weighted by Gasteiger charge is -2.42. The molecule has 1 heterocycles. The molecule has 0 aromatic heterocycles. The van der Waals surface area contributed by atoms with Crippen LogP contribution in [0.1, 0.15) is 24.1 Å². The van der Waals surface area contributed by atoms with Crippen molar-refractivity contribution in [2.24, 2.45) is 5.73 Å². The molecule has 4 heteroatoms. The van der Waals surface area contributed by atoms with Gasteiger partial charge in [0.05, 0.1) is 6.04 Å². The molecule has 19 heavy (non-hydrogen) atoms. The van der Waals surface area contributed by atoms with Gasteiger partial charge in [0.25, 0.3) is 0 Å². The number of aryl methyl sites for hydroxylation is 1. The molecule has 0 aliphatic carbocycles. The van der Waals surface area contributed by atoms with Crippen LogP contribution in [0.3, 0.4) is 0 Å². The topological polar surface area (TPSA) is 32.5 Å². The largest absolute Gasteiger partial charge is 0.329 e. The average Bonchev–Trinajstić information content (AvgIpc) is 2.36. The SMILES string of the molecule is Cc1ccc(F)c(C(CN)N2CCN(C)CC2C)c1. The van der Waals surface area contributed by atoms with Crippen molar-refractivity contribution < 1.29 is 4.39 Å². The number of nitrogens with zero attached hydrogens (tertiary/aromatic N) is 2. The van der Waals surface area contributed by atoms with Gasteiger partial charge in [0.15, 0.2) is 0 Å². The molecule has 2 rings (SSSR count). The third-order valence-electron chi connectivity index (χ3n) is 4.02. The Bertz CT molecular complexity index is 435. The zero-order chi connectivity index (χ0) is 14.0. The molecule has 1 aromatic rings. The van der Waals surface area contributed by atoms with Crippen LogP contribution in [0.2, 0.25) is 0 Å². The van der Waals surface area contributed by atoms with Gasteiger partial charge in [0, 0.05) is 37.8 Å². The molecule has 1 fully saturated rings. The third-order valence-corrected chi connectivity index (χ3v) is 4.02.